The van der Waals surface area contributed by atoms with Crippen molar-refractivity contribution < 1.29 is 19.1 Å². The average Bonchev–Trinajstić information content (AvgIpc) is 3.24. The number of esters is 1. The van der Waals surface area contributed by atoms with Gasteiger partial charge in [0.2, 0.25) is 0 Å². The van der Waals surface area contributed by atoms with E-state index in [9.17, 15) is 9.59 Å². The van der Waals surface area contributed by atoms with Crippen molar-refractivity contribution in [1.82, 2.24) is 0 Å². The third kappa shape index (κ3) is 4.64. The van der Waals surface area contributed by atoms with Crippen LogP contribution >= 0.6 is 11.3 Å². The second-order valence-electron chi connectivity index (χ2n) is 8.85. The van der Waals surface area contributed by atoms with Gasteiger partial charge in [0.1, 0.15) is 24.9 Å². The van der Waals surface area contributed by atoms with Gasteiger partial charge in [0.05, 0.1) is 0 Å². The molecular formula is C25H27NO4S. The number of allylic oxidation sites excluding steroid dienone is 2. The minimum Gasteiger partial charge on any atom is -0.490 e. The number of hydrogen-bond donors (Lipinski definition) is 0. The molecule has 1 aromatic carbocycles. The number of benzene rings is 1. The Balaban J connectivity index is 1.54. The lowest BCUT2D eigenvalue weighted by atomic mass is 9.68. The fraction of sp³-hybridized carbons (Fsp3) is 0.400. The monoisotopic (exact) mass is 437 g/mol. The van der Waals surface area contributed by atoms with Gasteiger partial charge in [-0.2, -0.15) is 0 Å². The number of thiophene rings is 1. The van der Waals surface area contributed by atoms with Crippen LogP contribution in [0, 0.1) is 11.3 Å². The predicted octanol–water partition coefficient (Wildman–Crippen LogP) is 5.19. The molecule has 0 amide bonds. The first kappa shape index (κ1) is 21.5. The Labute approximate surface area is 186 Å². The Kier molecular flexibility index (Phi) is 6.10. The third-order valence-electron chi connectivity index (χ3n) is 5.75. The SMILES string of the molecule is CC1=NC2=C(C(=O)CC(C)(C)C2)[C@H](c2cccs2)C1C(=O)OCCOc1ccccc1. The molecule has 0 N–H and O–H groups in total. The van der Waals surface area contributed by atoms with Crippen LogP contribution in [0.4, 0.5) is 0 Å². The van der Waals surface area contributed by atoms with Crippen molar-refractivity contribution >= 4 is 28.8 Å². The summed E-state index contributed by atoms with van der Waals surface area (Å²) < 4.78 is 11.2. The number of hydrogen-bond acceptors (Lipinski definition) is 6. The molecule has 162 valence electrons. The fourth-order valence-corrected chi connectivity index (χ4v) is 5.31. The molecule has 31 heavy (non-hydrogen) atoms. The smallest absolute Gasteiger partial charge is 0.315 e. The number of para-hydroxylation sites is 1. The Morgan fingerprint density at radius 3 is 2.61 bits per heavy atom. The Morgan fingerprint density at radius 1 is 1.13 bits per heavy atom. The van der Waals surface area contributed by atoms with Crippen LogP contribution in [0.15, 0.2) is 64.1 Å². The van der Waals surface area contributed by atoms with Gasteiger partial charge in [-0.3, -0.25) is 14.6 Å². The molecule has 0 bridgehead atoms. The standard InChI is InChI=1S/C25H27NO4S/c1-16-21(24(28)30-12-11-29-17-8-5-4-6-9-17)23(20-10-7-13-31-20)22-18(26-16)14-25(2,3)15-19(22)27/h4-10,13,21,23H,11-12,14-15H2,1-3H3/t21?,23-/m1/s1. The van der Waals surface area contributed by atoms with Gasteiger partial charge < -0.3 is 9.47 Å². The number of nitrogens with zero attached hydrogens (tertiary/aromatic N) is 1. The Morgan fingerprint density at radius 2 is 1.90 bits per heavy atom. The van der Waals surface area contributed by atoms with Gasteiger partial charge in [0, 0.05) is 34.2 Å². The van der Waals surface area contributed by atoms with Gasteiger partial charge >= 0.3 is 5.97 Å². The molecule has 0 radical (unpaired) electrons. The predicted molar refractivity (Wildman–Crippen MR) is 122 cm³/mol. The summed E-state index contributed by atoms with van der Waals surface area (Å²) >= 11 is 1.56. The lowest BCUT2D eigenvalue weighted by molar-refractivity contribution is -0.147. The normalized spacial score (nSPS) is 22.5. The van der Waals surface area contributed by atoms with E-state index in [-0.39, 0.29) is 36.3 Å². The van der Waals surface area contributed by atoms with Crippen molar-refractivity contribution in [3.63, 3.8) is 0 Å². The lowest BCUT2D eigenvalue weighted by Crippen LogP contribution is -2.39. The largest absolute Gasteiger partial charge is 0.490 e. The van der Waals surface area contributed by atoms with Crippen LogP contribution in [0.5, 0.6) is 5.75 Å². The van der Waals surface area contributed by atoms with Crippen molar-refractivity contribution in [2.24, 2.45) is 16.3 Å². The first-order valence-corrected chi connectivity index (χ1v) is 11.4. The fourth-order valence-electron chi connectivity index (χ4n) is 4.43. The highest BCUT2D eigenvalue weighted by molar-refractivity contribution is 7.10. The molecular weight excluding hydrogens is 410 g/mol. The van der Waals surface area contributed by atoms with Crippen LogP contribution < -0.4 is 4.74 Å². The van der Waals surface area contributed by atoms with E-state index in [1.165, 1.54) is 0 Å². The highest BCUT2D eigenvalue weighted by Gasteiger charge is 2.46. The van der Waals surface area contributed by atoms with Gasteiger partial charge in [0.25, 0.3) is 0 Å². The van der Waals surface area contributed by atoms with Crippen molar-refractivity contribution in [3.8, 4) is 5.75 Å². The number of aliphatic imine (C=N–C) groups is 1. The molecule has 6 heteroatoms. The zero-order valence-corrected chi connectivity index (χ0v) is 18.9. The van der Waals surface area contributed by atoms with E-state index in [1.807, 2.05) is 54.8 Å². The highest BCUT2D eigenvalue weighted by atomic mass is 32.1. The van der Waals surface area contributed by atoms with Crippen molar-refractivity contribution in [1.29, 1.82) is 0 Å². The topological polar surface area (TPSA) is 65.0 Å². The van der Waals surface area contributed by atoms with E-state index in [2.05, 4.69) is 13.8 Å². The molecule has 1 aliphatic carbocycles. The molecule has 0 saturated carbocycles. The number of ketones is 1. The van der Waals surface area contributed by atoms with E-state index in [0.29, 0.717) is 17.7 Å². The summed E-state index contributed by atoms with van der Waals surface area (Å²) in [4.78, 5) is 32.0. The van der Waals surface area contributed by atoms with Crippen LogP contribution in [-0.2, 0) is 14.3 Å². The maximum absolute atomic E-state index is 13.1. The summed E-state index contributed by atoms with van der Waals surface area (Å²) in [7, 11) is 0. The van der Waals surface area contributed by atoms with E-state index in [0.717, 1.165) is 22.7 Å². The first-order valence-electron chi connectivity index (χ1n) is 10.5. The summed E-state index contributed by atoms with van der Waals surface area (Å²) in [6.07, 6.45) is 1.20. The zero-order valence-electron chi connectivity index (χ0n) is 18.1. The molecule has 1 unspecified atom stereocenters. The molecule has 0 spiro atoms. The van der Waals surface area contributed by atoms with Gasteiger partial charge in [-0.15, -0.1) is 11.3 Å². The lowest BCUT2D eigenvalue weighted by Gasteiger charge is -2.38. The molecule has 2 atom stereocenters. The van der Waals surface area contributed by atoms with Crippen molar-refractivity contribution in [2.45, 2.75) is 39.5 Å². The van der Waals surface area contributed by atoms with Crippen molar-refractivity contribution in [3.05, 3.63) is 64.0 Å². The van der Waals surface area contributed by atoms with Crippen LogP contribution in [0.1, 0.15) is 44.4 Å². The number of Topliss-reactive ketones (excluding diaryl/α,β-unsaturated/α-hetero) is 1. The highest BCUT2D eigenvalue weighted by Crippen LogP contribution is 2.48. The molecule has 0 fully saturated rings. The molecule has 5 nitrogen and oxygen atoms in total. The molecule has 1 aromatic heterocycles. The zero-order chi connectivity index (χ0) is 22.0. The number of carbonyl (C=O) groups excluding carboxylic acids is 2. The van der Waals surface area contributed by atoms with Crippen molar-refractivity contribution in [2.75, 3.05) is 13.2 Å². The first-order chi connectivity index (χ1) is 14.9. The molecule has 1 aliphatic heterocycles. The number of carbonyl (C=O) groups is 2. The van der Waals surface area contributed by atoms with Crippen LogP contribution in [-0.4, -0.2) is 30.7 Å². The van der Waals surface area contributed by atoms with Crippen LogP contribution in [0.25, 0.3) is 0 Å². The average molecular weight is 438 g/mol. The quantitative estimate of drug-likeness (QED) is 0.461. The van der Waals surface area contributed by atoms with E-state index in [1.54, 1.807) is 11.3 Å². The van der Waals surface area contributed by atoms with Gasteiger partial charge in [-0.05, 0) is 42.3 Å². The summed E-state index contributed by atoms with van der Waals surface area (Å²) in [5, 5.41) is 1.98. The summed E-state index contributed by atoms with van der Waals surface area (Å²) in [6, 6.07) is 13.4. The summed E-state index contributed by atoms with van der Waals surface area (Å²) in [5.41, 5.74) is 2.10. The molecule has 0 saturated heterocycles. The van der Waals surface area contributed by atoms with Crippen LogP contribution in [0.3, 0.4) is 0 Å². The minimum absolute atomic E-state index is 0.0890. The molecule has 2 aromatic rings. The summed E-state index contributed by atoms with van der Waals surface area (Å²) in [5.74, 6) is -0.472. The van der Waals surface area contributed by atoms with E-state index >= 15 is 0 Å². The number of ether oxygens (including phenoxy) is 2. The maximum atomic E-state index is 13.1. The molecule has 2 aliphatic rings. The third-order valence-corrected chi connectivity index (χ3v) is 6.70. The summed E-state index contributed by atoms with van der Waals surface area (Å²) in [6.45, 7) is 6.45. The van der Waals surface area contributed by atoms with Gasteiger partial charge in [-0.1, -0.05) is 38.1 Å². The number of rotatable bonds is 6. The Bertz CT molecular complexity index is 1020. The van der Waals surface area contributed by atoms with E-state index in [4.69, 9.17) is 14.5 Å². The van der Waals surface area contributed by atoms with Gasteiger partial charge in [0.15, 0.2) is 5.78 Å². The second-order valence-corrected chi connectivity index (χ2v) is 9.83. The van der Waals surface area contributed by atoms with Crippen LogP contribution in [0.2, 0.25) is 0 Å². The molecule has 4 rings (SSSR count). The molecule has 2 heterocycles. The second kappa shape index (κ2) is 8.79. The Hall–Kier alpha value is -2.73. The maximum Gasteiger partial charge on any atom is 0.315 e. The van der Waals surface area contributed by atoms with Gasteiger partial charge in [-0.25, -0.2) is 0 Å². The minimum atomic E-state index is -0.598. The van der Waals surface area contributed by atoms with E-state index < -0.39 is 5.92 Å².